The summed E-state index contributed by atoms with van der Waals surface area (Å²) in [6.07, 6.45) is -0.838. The van der Waals surface area contributed by atoms with E-state index in [0.29, 0.717) is 5.75 Å². The summed E-state index contributed by atoms with van der Waals surface area (Å²) in [5.74, 6) is -1.14. The highest BCUT2D eigenvalue weighted by Gasteiger charge is 2.51. The molecule has 33 heavy (non-hydrogen) atoms. The second-order valence-corrected chi connectivity index (χ2v) is 7.90. The van der Waals surface area contributed by atoms with Gasteiger partial charge in [0.1, 0.15) is 11.2 Å². The normalized spacial score (nSPS) is 15.7. The molecule has 1 aliphatic heterocycles. The predicted molar refractivity (Wildman–Crippen MR) is 123 cm³/mol. The average molecular weight is 435 g/mol. The van der Waals surface area contributed by atoms with Gasteiger partial charge in [0.05, 0.1) is 0 Å². The van der Waals surface area contributed by atoms with Crippen molar-refractivity contribution in [1.29, 1.82) is 0 Å². The van der Waals surface area contributed by atoms with Crippen molar-refractivity contribution in [3.05, 3.63) is 136 Å². The highest BCUT2D eigenvalue weighted by Crippen LogP contribution is 2.43. The summed E-state index contributed by atoms with van der Waals surface area (Å²) in [5, 5.41) is 13.6. The molecule has 0 saturated carbocycles. The highest BCUT2D eigenvalue weighted by molar-refractivity contribution is 6.34. The number of esters is 1. The molecule has 1 saturated heterocycles. The lowest BCUT2D eigenvalue weighted by Crippen LogP contribution is -2.48. The van der Waals surface area contributed by atoms with Crippen molar-refractivity contribution in [2.24, 2.45) is 0 Å². The fraction of sp³-hybridized carbons (Fsp3) is 0.0714. The molecule has 0 aromatic heterocycles. The van der Waals surface area contributed by atoms with Gasteiger partial charge in [-0.15, -0.1) is 0 Å². The van der Waals surface area contributed by atoms with Gasteiger partial charge >= 0.3 is 11.9 Å². The van der Waals surface area contributed by atoms with Crippen molar-refractivity contribution in [2.45, 2.75) is 11.6 Å². The minimum absolute atomic E-state index is 0.442. The van der Waals surface area contributed by atoms with E-state index in [9.17, 15) is 9.59 Å². The van der Waals surface area contributed by atoms with Crippen molar-refractivity contribution < 1.29 is 19.4 Å². The molecule has 1 fully saturated rings. The maximum Gasteiger partial charge on any atom is 0.398 e. The maximum absolute atomic E-state index is 11.9. The molecule has 3 aromatic carbocycles. The smallest absolute Gasteiger partial charge is 0.398 e. The van der Waals surface area contributed by atoms with Gasteiger partial charge < -0.3 is 15.2 Å². The molecule has 0 radical (unpaired) electrons. The summed E-state index contributed by atoms with van der Waals surface area (Å²) >= 11 is 0. The van der Waals surface area contributed by atoms with Gasteiger partial charge in [0.15, 0.2) is 6.23 Å². The van der Waals surface area contributed by atoms with E-state index < -0.39 is 23.5 Å². The Bertz CT molecular complexity index is 1290. The minimum Gasteiger partial charge on any atom is -0.507 e. The van der Waals surface area contributed by atoms with Crippen LogP contribution in [0, 0.1) is 10.4 Å². The Morgan fingerprint density at radius 3 is 1.42 bits per heavy atom. The van der Waals surface area contributed by atoms with Crippen LogP contribution in [0.25, 0.3) is 0 Å². The first-order chi connectivity index (χ1) is 16.1. The molecule has 3 aromatic rings. The summed E-state index contributed by atoms with van der Waals surface area (Å²) in [7, 11) is 0. The van der Waals surface area contributed by atoms with E-state index in [2.05, 4.69) is 5.32 Å². The second-order valence-electron chi connectivity index (χ2n) is 7.90. The molecule has 5 nitrogen and oxygen atoms in total. The van der Waals surface area contributed by atoms with Crippen LogP contribution in [0.4, 0.5) is 0 Å². The zero-order valence-corrected chi connectivity index (χ0v) is 17.6. The number of ether oxygens (including phenoxy) is 1. The number of hydrogen-bond acceptors (Lipinski definition) is 4. The van der Waals surface area contributed by atoms with Crippen LogP contribution in [-0.4, -0.2) is 23.2 Å². The Morgan fingerprint density at radius 1 is 0.697 bits per heavy atom. The molecule has 162 valence electrons. The molecule has 1 heterocycles. The Balaban J connectivity index is 0.000000274. The molecule has 1 unspecified atom stereocenters. The standard InChI is InChI=1S/C22H17NO3.C6H4O/c24-19-20(25)26-21(23-19)22(16-10-4-1-5-11-16,17-12-6-2-7-13-17)18-14-8-3-9-15-18;7-6-3-4-1-2-5(4)6/h1-15,21H,(H,23,24);1-3,7H. The average Bonchev–Trinajstić information content (AvgIpc) is 3.18. The van der Waals surface area contributed by atoms with Crippen LogP contribution < -0.4 is 5.32 Å². The second kappa shape index (κ2) is 8.28. The third-order valence-corrected chi connectivity index (χ3v) is 6.06. The predicted octanol–water partition coefficient (Wildman–Crippen LogP) is 4.01. The van der Waals surface area contributed by atoms with Gasteiger partial charge in [-0.25, -0.2) is 4.79 Å². The van der Waals surface area contributed by atoms with E-state index in [1.165, 1.54) is 5.22 Å². The van der Waals surface area contributed by atoms with Crippen molar-refractivity contribution in [3.63, 3.8) is 0 Å². The highest BCUT2D eigenvalue weighted by atomic mass is 16.6. The summed E-state index contributed by atoms with van der Waals surface area (Å²) in [5.41, 5.74) is 1.93. The van der Waals surface area contributed by atoms with E-state index in [1.807, 2.05) is 103 Å². The fourth-order valence-electron chi connectivity index (χ4n) is 4.39. The number of hydrogen-bond donors (Lipinski definition) is 2. The summed E-state index contributed by atoms with van der Waals surface area (Å²) in [6, 6.07) is 35.0. The van der Waals surface area contributed by atoms with Gasteiger partial charge in [-0.05, 0) is 28.0 Å². The van der Waals surface area contributed by atoms with Crippen LogP contribution >= 0.6 is 0 Å². The van der Waals surface area contributed by atoms with Crippen LogP contribution in [0.15, 0.2) is 109 Å². The van der Waals surface area contributed by atoms with Crippen molar-refractivity contribution >= 4 is 11.9 Å². The molecular formula is C28H21NO4. The number of aromatic hydroxyl groups is 1. The molecular weight excluding hydrogens is 414 g/mol. The summed E-state index contributed by atoms with van der Waals surface area (Å²) in [6.45, 7) is 0. The molecule has 6 rings (SSSR count). The molecule has 0 spiro atoms. The van der Waals surface area contributed by atoms with Crippen LogP contribution in [0.1, 0.15) is 16.7 Å². The van der Waals surface area contributed by atoms with E-state index in [-0.39, 0.29) is 0 Å². The van der Waals surface area contributed by atoms with Crippen molar-refractivity contribution in [3.8, 4) is 5.75 Å². The molecule has 2 N–H and O–H groups in total. The molecule has 2 aliphatic carbocycles. The first-order valence-electron chi connectivity index (χ1n) is 10.6. The largest absolute Gasteiger partial charge is 0.507 e. The van der Waals surface area contributed by atoms with E-state index >= 15 is 0 Å². The lowest BCUT2D eigenvalue weighted by Gasteiger charge is -2.39. The number of cyclic esters (lactones) is 1. The number of nitrogens with one attached hydrogen (secondary N) is 1. The van der Waals surface area contributed by atoms with Crippen molar-refractivity contribution in [2.75, 3.05) is 0 Å². The number of rotatable bonds is 4. The topological polar surface area (TPSA) is 75.6 Å². The molecule has 1 amide bonds. The van der Waals surface area contributed by atoms with Gasteiger partial charge in [0.25, 0.3) is 0 Å². The number of phenols is 1. The fourth-order valence-corrected chi connectivity index (χ4v) is 4.39. The lowest BCUT2D eigenvalue weighted by molar-refractivity contribution is -0.149. The zero-order chi connectivity index (χ0) is 22.8. The lowest BCUT2D eigenvalue weighted by atomic mass is 9.68. The van der Waals surface area contributed by atoms with Gasteiger partial charge in [0.2, 0.25) is 0 Å². The third-order valence-electron chi connectivity index (χ3n) is 6.06. The van der Waals surface area contributed by atoms with Gasteiger partial charge in [0, 0.05) is 5.22 Å². The Hall–Kier alpha value is -4.38. The molecule has 1 atom stereocenters. The van der Waals surface area contributed by atoms with Crippen LogP contribution in [0.2, 0.25) is 0 Å². The summed E-state index contributed by atoms with van der Waals surface area (Å²) < 4.78 is 5.50. The maximum atomic E-state index is 11.9. The molecule has 0 bridgehead atoms. The summed E-state index contributed by atoms with van der Waals surface area (Å²) in [4.78, 5) is 23.8. The SMILES string of the molecule is O=C1NC(C(c2ccccc2)(c2ccccc2)c2ccccc2)OC1=O.Oc1cc2ccc1=2. The van der Waals surface area contributed by atoms with Crippen molar-refractivity contribution in [1.82, 2.24) is 5.32 Å². The Kier molecular flexibility index (Phi) is 5.15. The quantitative estimate of drug-likeness (QED) is 0.254. The van der Waals surface area contributed by atoms with Gasteiger partial charge in [-0.2, -0.15) is 0 Å². The number of carbonyl (C=O) groups is 2. The Morgan fingerprint density at radius 2 is 1.18 bits per heavy atom. The zero-order valence-electron chi connectivity index (χ0n) is 17.6. The van der Waals surface area contributed by atoms with Crippen LogP contribution in [0.3, 0.4) is 0 Å². The minimum atomic E-state index is -0.859. The van der Waals surface area contributed by atoms with Crippen LogP contribution in [0.5, 0.6) is 5.75 Å². The van der Waals surface area contributed by atoms with Crippen LogP contribution in [-0.2, 0) is 19.7 Å². The molecule has 3 aliphatic rings. The Labute approximate surface area is 190 Å². The van der Waals surface area contributed by atoms with Gasteiger partial charge in [-0.1, -0.05) is 103 Å². The number of carbonyl (C=O) groups excluding carboxylic acids is 2. The monoisotopic (exact) mass is 435 g/mol. The molecule has 5 heteroatoms. The number of amides is 1. The third kappa shape index (κ3) is 3.44. The van der Waals surface area contributed by atoms with E-state index in [0.717, 1.165) is 21.9 Å². The first kappa shape index (κ1) is 20.5. The van der Waals surface area contributed by atoms with Gasteiger partial charge in [-0.3, -0.25) is 4.79 Å². The van der Waals surface area contributed by atoms with E-state index in [1.54, 1.807) is 6.07 Å². The number of benzene rings is 4. The first-order valence-corrected chi connectivity index (χ1v) is 10.6. The van der Waals surface area contributed by atoms with E-state index in [4.69, 9.17) is 9.84 Å². The number of phenolic OH excluding ortho intramolecular Hbond substituents is 1.